The number of fused-ring (bicyclic) bond motifs is 4. The first kappa shape index (κ1) is 20.9. The molecule has 0 heterocycles. The highest BCUT2D eigenvalue weighted by Gasteiger charge is 2.52. The van der Waals surface area contributed by atoms with Crippen LogP contribution in [-0.2, 0) is 28.4 Å². The van der Waals surface area contributed by atoms with E-state index in [4.69, 9.17) is 4.18 Å². The second-order valence-electron chi connectivity index (χ2n) is 8.19. The van der Waals surface area contributed by atoms with Gasteiger partial charge in [-0.3, -0.25) is 0 Å². The second-order valence-corrected chi connectivity index (χ2v) is 9.72. The molecule has 1 N–H and O–H groups in total. The molecule has 4 nitrogen and oxygen atoms in total. The Bertz CT molecular complexity index is 1290. The number of nitrogens with one attached hydrogen (secondary N) is 1. The van der Waals surface area contributed by atoms with Crippen molar-refractivity contribution < 1.29 is 25.8 Å². The second kappa shape index (κ2) is 7.27. The lowest BCUT2D eigenvalue weighted by Gasteiger charge is -2.30. The van der Waals surface area contributed by atoms with Gasteiger partial charge >= 0.3 is 15.6 Å². The van der Waals surface area contributed by atoms with Gasteiger partial charge in [-0.15, -0.1) is 0 Å². The van der Waals surface area contributed by atoms with E-state index >= 15 is 0 Å². The van der Waals surface area contributed by atoms with Crippen molar-refractivity contribution >= 4 is 21.5 Å². The van der Waals surface area contributed by atoms with Gasteiger partial charge in [-0.05, 0) is 66.6 Å². The average molecular weight is 459 g/mol. The standard InChI is InChI=1S/C24H20F3NO3S/c25-24(26,27)32(29,30)31-20-11-5-7-17-13-15-23(22(17)20)14-12-16-6-4-10-19(21(16)23)28-18-8-2-1-3-9-18/h1-11,28H,12-15H2/t23-/m1/s1. The molecular weight excluding hydrogens is 439 g/mol. The van der Waals surface area contributed by atoms with Crippen molar-refractivity contribution in [2.75, 3.05) is 5.32 Å². The van der Waals surface area contributed by atoms with E-state index in [0.29, 0.717) is 24.8 Å². The average Bonchev–Trinajstić information content (AvgIpc) is 3.31. The normalized spacial score (nSPS) is 19.6. The maximum atomic E-state index is 13.1. The molecule has 8 heteroatoms. The quantitative estimate of drug-likeness (QED) is 0.394. The summed E-state index contributed by atoms with van der Waals surface area (Å²) in [6, 6.07) is 20.3. The fourth-order valence-electron chi connectivity index (χ4n) is 5.16. The van der Waals surface area contributed by atoms with Crippen molar-refractivity contribution in [3.63, 3.8) is 0 Å². The van der Waals surface area contributed by atoms with E-state index in [1.54, 1.807) is 6.07 Å². The Balaban J connectivity index is 1.65. The summed E-state index contributed by atoms with van der Waals surface area (Å²) in [6.07, 6.45) is 2.74. The summed E-state index contributed by atoms with van der Waals surface area (Å²) in [7, 11) is -5.77. The van der Waals surface area contributed by atoms with E-state index in [-0.39, 0.29) is 5.75 Å². The van der Waals surface area contributed by atoms with Crippen molar-refractivity contribution in [3.05, 3.63) is 89.0 Å². The van der Waals surface area contributed by atoms with Gasteiger partial charge in [0.15, 0.2) is 0 Å². The molecule has 0 aliphatic heterocycles. The van der Waals surface area contributed by atoms with Crippen LogP contribution in [0.25, 0.3) is 0 Å². The Hall–Kier alpha value is -3.00. The van der Waals surface area contributed by atoms with Crippen molar-refractivity contribution in [2.45, 2.75) is 36.6 Å². The van der Waals surface area contributed by atoms with Crippen LogP contribution in [-0.4, -0.2) is 13.9 Å². The molecule has 0 saturated carbocycles. The minimum Gasteiger partial charge on any atom is -0.376 e. The molecule has 1 atom stereocenters. The zero-order chi connectivity index (χ0) is 22.6. The Kier molecular flexibility index (Phi) is 4.74. The van der Waals surface area contributed by atoms with Crippen LogP contribution in [0.1, 0.15) is 35.1 Å². The lowest BCUT2D eigenvalue weighted by atomic mass is 9.75. The molecule has 3 aromatic carbocycles. The summed E-state index contributed by atoms with van der Waals surface area (Å²) in [6.45, 7) is 0. The van der Waals surface area contributed by atoms with Crippen LogP contribution in [0.3, 0.4) is 0 Å². The predicted octanol–water partition coefficient (Wildman–Crippen LogP) is 5.84. The highest BCUT2D eigenvalue weighted by atomic mass is 32.2. The van der Waals surface area contributed by atoms with Gasteiger partial charge in [-0.1, -0.05) is 42.5 Å². The first-order chi connectivity index (χ1) is 15.2. The third-order valence-electron chi connectivity index (χ3n) is 6.40. The highest BCUT2D eigenvalue weighted by Crippen LogP contribution is 2.57. The third kappa shape index (κ3) is 3.24. The van der Waals surface area contributed by atoms with Crippen LogP contribution in [0, 0.1) is 0 Å². The highest BCUT2D eigenvalue weighted by molar-refractivity contribution is 7.88. The van der Waals surface area contributed by atoms with E-state index in [2.05, 4.69) is 5.32 Å². The van der Waals surface area contributed by atoms with Gasteiger partial charge in [0.25, 0.3) is 0 Å². The Labute approximate surface area is 184 Å². The van der Waals surface area contributed by atoms with Crippen LogP contribution in [0.4, 0.5) is 24.5 Å². The summed E-state index contributed by atoms with van der Waals surface area (Å²) in [4.78, 5) is 0. The van der Waals surface area contributed by atoms with E-state index in [0.717, 1.165) is 34.5 Å². The van der Waals surface area contributed by atoms with Gasteiger partial charge in [0.1, 0.15) is 5.75 Å². The molecule has 0 amide bonds. The fraction of sp³-hybridized carbons (Fsp3) is 0.250. The molecule has 0 unspecified atom stereocenters. The minimum atomic E-state index is -5.77. The van der Waals surface area contributed by atoms with Crippen molar-refractivity contribution in [3.8, 4) is 5.75 Å². The van der Waals surface area contributed by atoms with E-state index < -0.39 is 21.0 Å². The SMILES string of the molecule is O=S(=O)(Oc1cccc2c1[C@]1(CCc3cccc(Nc4ccccc4)c31)CC2)C(F)(F)F. The predicted molar refractivity (Wildman–Crippen MR) is 116 cm³/mol. The van der Waals surface area contributed by atoms with Crippen molar-refractivity contribution in [1.29, 1.82) is 0 Å². The molecule has 0 bridgehead atoms. The summed E-state index contributed by atoms with van der Waals surface area (Å²) < 4.78 is 67.5. The van der Waals surface area contributed by atoms with Gasteiger partial charge in [-0.2, -0.15) is 21.6 Å². The van der Waals surface area contributed by atoms with E-state index in [1.165, 1.54) is 6.07 Å². The maximum absolute atomic E-state index is 13.1. The van der Waals surface area contributed by atoms with Gasteiger partial charge in [-0.25, -0.2) is 0 Å². The number of anilines is 2. The Morgan fingerprint density at radius 3 is 2.09 bits per heavy atom. The van der Waals surface area contributed by atoms with Crippen LogP contribution in [0.15, 0.2) is 66.7 Å². The number of halogens is 3. The molecule has 32 heavy (non-hydrogen) atoms. The number of benzene rings is 3. The van der Waals surface area contributed by atoms with Gasteiger partial charge in [0.2, 0.25) is 0 Å². The smallest absolute Gasteiger partial charge is 0.376 e. The Morgan fingerprint density at radius 2 is 1.44 bits per heavy atom. The summed E-state index contributed by atoms with van der Waals surface area (Å²) in [5.74, 6) is -0.236. The fourth-order valence-corrected chi connectivity index (χ4v) is 5.63. The number of aryl methyl sites for hydroxylation is 2. The summed E-state index contributed by atoms with van der Waals surface area (Å²) >= 11 is 0. The molecule has 3 aromatic rings. The Morgan fingerprint density at radius 1 is 0.812 bits per heavy atom. The largest absolute Gasteiger partial charge is 0.534 e. The molecule has 166 valence electrons. The topological polar surface area (TPSA) is 55.4 Å². The van der Waals surface area contributed by atoms with Crippen LogP contribution < -0.4 is 9.50 Å². The number of hydrogen-bond donors (Lipinski definition) is 1. The molecule has 2 aliphatic carbocycles. The summed E-state index contributed by atoms with van der Waals surface area (Å²) in [5.41, 5.74) is -0.861. The van der Waals surface area contributed by atoms with Crippen molar-refractivity contribution in [1.82, 2.24) is 0 Å². The zero-order valence-corrected chi connectivity index (χ0v) is 17.8. The van der Waals surface area contributed by atoms with Crippen LogP contribution in [0.2, 0.25) is 0 Å². The maximum Gasteiger partial charge on any atom is 0.534 e. The third-order valence-corrected chi connectivity index (χ3v) is 7.36. The number of rotatable bonds is 4. The first-order valence-electron chi connectivity index (χ1n) is 10.3. The lowest BCUT2D eigenvalue weighted by molar-refractivity contribution is -0.0500. The van der Waals surface area contributed by atoms with Crippen LogP contribution in [0.5, 0.6) is 5.75 Å². The van der Waals surface area contributed by atoms with E-state index in [9.17, 15) is 21.6 Å². The monoisotopic (exact) mass is 459 g/mol. The lowest BCUT2D eigenvalue weighted by Crippen LogP contribution is -2.30. The van der Waals surface area contributed by atoms with Crippen LogP contribution >= 0.6 is 0 Å². The number of para-hydroxylation sites is 1. The summed E-state index contributed by atoms with van der Waals surface area (Å²) in [5, 5.41) is 3.44. The minimum absolute atomic E-state index is 0.236. The van der Waals surface area contributed by atoms with E-state index in [1.807, 2.05) is 54.6 Å². The molecule has 0 radical (unpaired) electrons. The molecule has 1 spiro atoms. The molecule has 0 aromatic heterocycles. The first-order valence-corrected chi connectivity index (χ1v) is 11.7. The number of hydrogen-bond acceptors (Lipinski definition) is 4. The van der Waals surface area contributed by atoms with Gasteiger partial charge in [0.05, 0.1) is 0 Å². The molecule has 2 aliphatic rings. The van der Waals surface area contributed by atoms with Gasteiger partial charge in [0, 0.05) is 22.4 Å². The van der Waals surface area contributed by atoms with Crippen molar-refractivity contribution in [2.24, 2.45) is 0 Å². The molecule has 5 rings (SSSR count). The van der Waals surface area contributed by atoms with Gasteiger partial charge < -0.3 is 9.50 Å². The zero-order valence-electron chi connectivity index (χ0n) is 16.9. The molecule has 0 saturated heterocycles. The molecule has 0 fully saturated rings. The molecular formula is C24H20F3NO3S. The number of alkyl halides is 3.